The zero-order valence-corrected chi connectivity index (χ0v) is 19.3. The number of hydrogen-bond acceptors (Lipinski definition) is 8. The van der Waals surface area contributed by atoms with Crippen molar-refractivity contribution >= 4 is 11.9 Å². The first-order valence-corrected chi connectivity index (χ1v) is 11.5. The van der Waals surface area contributed by atoms with Crippen LogP contribution in [0.3, 0.4) is 0 Å². The van der Waals surface area contributed by atoms with Crippen LogP contribution in [0.15, 0.2) is 54.2 Å². The number of aliphatic imine (C=N–C) groups is 1. The summed E-state index contributed by atoms with van der Waals surface area (Å²) in [6.45, 7) is 0.436. The van der Waals surface area contributed by atoms with E-state index in [0.717, 1.165) is 0 Å². The second-order valence-electron chi connectivity index (χ2n) is 8.68. The summed E-state index contributed by atoms with van der Waals surface area (Å²) in [6, 6.07) is 7.69. The number of nitrogens with zero attached hydrogens (tertiary/aromatic N) is 6. The van der Waals surface area contributed by atoms with Gasteiger partial charge in [0.05, 0.1) is 12.5 Å². The molecule has 1 aromatic carbocycles. The van der Waals surface area contributed by atoms with Gasteiger partial charge in [0.2, 0.25) is 5.91 Å². The molecule has 0 bridgehead atoms. The van der Waals surface area contributed by atoms with Crippen LogP contribution in [0, 0.1) is 11.7 Å². The van der Waals surface area contributed by atoms with Crippen molar-refractivity contribution in [3.63, 3.8) is 0 Å². The van der Waals surface area contributed by atoms with Gasteiger partial charge in [0.25, 0.3) is 0 Å². The average Bonchev–Trinajstić information content (AvgIpc) is 3.66. The Bertz CT molecular complexity index is 1240. The molecule has 6 rings (SSSR count). The topological polar surface area (TPSA) is 121 Å². The molecule has 2 N–H and O–H groups in total. The molecule has 2 aromatic heterocycles. The molecule has 182 valence electrons. The molecule has 2 atom stereocenters. The van der Waals surface area contributed by atoms with Crippen molar-refractivity contribution < 1.29 is 18.7 Å². The summed E-state index contributed by atoms with van der Waals surface area (Å²) in [5, 5.41) is 4.05. The number of fused-ring (bicyclic) bond motifs is 1. The van der Waals surface area contributed by atoms with E-state index in [-0.39, 0.29) is 24.0 Å². The molecule has 10 nitrogen and oxygen atoms in total. The van der Waals surface area contributed by atoms with Crippen LogP contribution in [0.4, 0.5) is 4.39 Å². The summed E-state index contributed by atoms with van der Waals surface area (Å²) in [5.41, 5.74) is 4.95. The number of benzene rings is 1. The summed E-state index contributed by atoms with van der Waals surface area (Å²) in [4.78, 5) is 26.9. The smallest absolute Gasteiger partial charge is 0.235 e. The molecule has 35 heavy (non-hydrogen) atoms. The van der Waals surface area contributed by atoms with E-state index in [1.165, 1.54) is 53.6 Å². The van der Waals surface area contributed by atoms with Gasteiger partial charge >= 0.3 is 0 Å². The van der Waals surface area contributed by atoms with E-state index in [1.807, 2.05) is 0 Å². The average molecular weight is 480 g/mol. The maximum Gasteiger partial charge on any atom is 0.235 e. The van der Waals surface area contributed by atoms with Crippen LogP contribution < -0.4 is 10.5 Å². The Labute approximate surface area is 201 Å². The number of ether oxygens (including phenoxy) is 2. The minimum atomic E-state index is -1.25. The quantitative estimate of drug-likeness (QED) is 0.611. The van der Waals surface area contributed by atoms with E-state index in [0.29, 0.717) is 30.3 Å². The molecule has 0 radical (unpaired) electrons. The van der Waals surface area contributed by atoms with E-state index >= 15 is 4.39 Å². The fourth-order valence-electron chi connectivity index (χ4n) is 4.11. The van der Waals surface area contributed by atoms with Gasteiger partial charge in [-0.1, -0.05) is 19.3 Å². The van der Waals surface area contributed by atoms with Crippen LogP contribution in [-0.2, 0) is 15.1 Å². The highest BCUT2D eigenvalue weighted by molar-refractivity contribution is 6.00. The number of guanidine groups is 1. The summed E-state index contributed by atoms with van der Waals surface area (Å²) in [6.07, 6.45) is 9.40. The second kappa shape index (κ2) is 9.41. The van der Waals surface area contributed by atoms with Gasteiger partial charge in [0.1, 0.15) is 35.5 Å². The van der Waals surface area contributed by atoms with Crippen molar-refractivity contribution in [3.05, 3.63) is 60.6 Å². The molecule has 1 saturated heterocycles. The number of amides is 1. The summed E-state index contributed by atoms with van der Waals surface area (Å²) in [7, 11) is 1.56. The van der Waals surface area contributed by atoms with Gasteiger partial charge in [-0.05, 0) is 30.7 Å². The van der Waals surface area contributed by atoms with Gasteiger partial charge in [-0.2, -0.15) is 5.10 Å². The zero-order valence-electron chi connectivity index (χ0n) is 19.3. The lowest BCUT2D eigenvalue weighted by molar-refractivity contribution is -0.140. The number of hydrogen-bond donors (Lipinski definition) is 1. The Morgan fingerprint density at radius 1 is 1.20 bits per heavy atom. The van der Waals surface area contributed by atoms with Gasteiger partial charge in [-0.3, -0.25) is 9.69 Å². The number of aromatic nitrogens is 4. The van der Waals surface area contributed by atoms with Crippen LogP contribution in [0.25, 0.3) is 5.82 Å². The molecule has 2 fully saturated rings. The Kier molecular flexibility index (Phi) is 6.16. The fraction of sp³-hybridized carbons (Fsp3) is 0.375. The molecule has 2 aliphatic heterocycles. The highest BCUT2D eigenvalue weighted by Crippen LogP contribution is 2.44. The molecule has 1 aliphatic carbocycles. The number of rotatable bonds is 4. The first kappa shape index (κ1) is 22.9. The van der Waals surface area contributed by atoms with Crippen molar-refractivity contribution in [3.8, 4) is 17.3 Å². The summed E-state index contributed by atoms with van der Waals surface area (Å²) >= 11 is 0. The van der Waals surface area contributed by atoms with Crippen LogP contribution in [-0.4, -0.2) is 56.8 Å². The summed E-state index contributed by atoms with van der Waals surface area (Å²) in [5.74, 6) is 0.0700. The molecular formula is C24H26FN7O3. The lowest BCUT2D eigenvalue weighted by atomic mass is 9.74. The molecule has 1 amide bonds. The number of carbonyl (C=O) groups excluding carboxylic acids is 1. The fourth-order valence-corrected chi connectivity index (χ4v) is 4.11. The van der Waals surface area contributed by atoms with Crippen LogP contribution in [0.2, 0.25) is 0 Å². The molecule has 3 aliphatic rings. The predicted molar refractivity (Wildman–Crippen MR) is 124 cm³/mol. The standard InChI is InChI=1S/C21H20FN7O3.C3H6/c1-28-19(30)15-5-7-31-10-21(15,27-20(28)23)16-8-13(2-3-17(16)22)32-14-4-6-25-18(9-14)29-12-24-11-26-29;1-2-3-1/h2-4,6,8-9,11-12,15H,5,7,10H2,1H3,(H2,23,27);1-3H2. The highest BCUT2D eigenvalue weighted by Gasteiger charge is 2.52. The SMILES string of the molecule is C1CC1.CN1C(=O)C2CCOCC2(c2cc(Oc3ccnc(-n4cncn4)c3)ccc2F)N=C1N. The molecule has 1 saturated carbocycles. The lowest BCUT2D eigenvalue weighted by Gasteiger charge is -2.45. The molecule has 2 unspecified atom stereocenters. The van der Waals surface area contributed by atoms with Gasteiger partial charge in [0, 0.05) is 31.5 Å². The third kappa shape index (κ3) is 4.59. The molecule has 3 aromatic rings. The molecule has 11 heteroatoms. The van der Waals surface area contributed by atoms with Crippen LogP contribution >= 0.6 is 0 Å². The highest BCUT2D eigenvalue weighted by atomic mass is 19.1. The van der Waals surface area contributed by atoms with E-state index in [4.69, 9.17) is 15.2 Å². The number of pyridine rings is 1. The first-order chi connectivity index (χ1) is 17.0. The molecule has 4 heterocycles. The second-order valence-corrected chi connectivity index (χ2v) is 8.68. The largest absolute Gasteiger partial charge is 0.457 e. The lowest BCUT2D eigenvalue weighted by Crippen LogP contribution is -2.58. The Morgan fingerprint density at radius 3 is 2.74 bits per heavy atom. The van der Waals surface area contributed by atoms with Crippen LogP contribution in [0.1, 0.15) is 31.2 Å². The van der Waals surface area contributed by atoms with Crippen molar-refractivity contribution in [2.45, 2.75) is 31.2 Å². The van der Waals surface area contributed by atoms with Gasteiger partial charge < -0.3 is 15.2 Å². The Balaban J connectivity index is 0.000000786. The molecular weight excluding hydrogens is 453 g/mol. The van der Waals surface area contributed by atoms with E-state index in [9.17, 15) is 4.79 Å². The van der Waals surface area contributed by atoms with Crippen molar-refractivity contribution in [1.29, 1.82) is 0 Å². The number of carbonyl (C=O) groups is 1. The minimum absolute atomic E-state index is 0.0223. The maximum absolute atomic E-state index is 15.1. The number of nitrogens with two attached hydrogens (primary N) is 1. The van der Waals surface area contributed by atoms with Crippen molar-refractivity contribution in [1.82, 2.24) is 24.6 Å². The summed E-state index contributed by atoms with van der Waals surface area (Å²) < 4.78 is 28.2. The number of halogens is 1. The zero-order chi connectivity index (χ0) is 24.4. The Hall–Kier alpha value is -3.86. The third-order valence-electron chi connectivity index (χ3n) is 6.10. The molecule has 0 spiro atoms. The van der Waals surface area contributed by atoms with E-state index in [1.54, 1.807) is 31.4 Å². The van der Waals surface area contributed by atoms with E-state index < -0.39 is 17.3 Å². The maximum atomic E-state index is 15.1. The van der Waals surface area contributed by atoms with Crippen LogP contribution in [0.5, 0.6) is 11.5 Å². The predicted octanol–water partition coefficient (Wildman–Crippen LogP) is 2.78. The monoisotopic (exact) mass is 479 g/mol. The van der Waals surface area contributed by atoms with Gasteiger partial charge in [0.15, 0.2) is 11.8 Å². The third-order valence-corrected chi connectivity index (χ3v) is 6.10. The van der Waals surface area contributed by atoms with Crippen molar-refractivity contribution in [2.24, 2.45) is 16.6 Å². The minimum Gasteiger partial charge on any atom is -0.457 e. The normalized spacial score (nSPS) is 23.0. The van der Waals surface area contributed by atoms with E-state index in [2.05, 4.69) is 20.1 Å². The first-order valence-electron chi connectivity index (χ1n) is 11.5. The van der Waals surface area contributed by atoms with Gasteiger partial charge in [-0.15, -0.1) is 0 Å². The van der Waals surface area contributed by atoms with Gasteiger partial charge in [-0.25, -0.2) is 24.0 Å². The van der Waals surface area contributed by atoms with Crippen molar-refractivity contribution in [2.75, 3.05) is 20.3 Å². The Morgan fingerprint density at radius 2 is 2.00 bits per heavy atom.